The van der Waals surface area contributed by atoms with Gasteiger partial charge in [-0.05, 0) is 58.1 Å². The number of alkyl carbamates (subject to hydrolysis) is 1. The second-order valence-corrected chi connectivity index (χ2v) is 8.72. The molecule has 1 aliphatic heterocycles. The molecule has 5 nitrogen and oxygen atoms in total. The maximum absolute atomic E-state index is 12.3. The zero-order valence-corrected chi connectivity index (χ0v) is 17.0. The molecular weight excluding hydrogens is 330 g/mol. The van der Waals surface area contributed by atoms with Crippen molar-refractivity contribution in [2.75, 3.05) is 6.61 Å². The highest BCUT2D eigenvalue weighted by Crippen LogP contribution is 2.40. The fourth-order valence-corrected chi connectivity index (χ4v) is 3.98. The maximum Gasteiger partial charge on any atom is 0.408 e. The minimum atomic E-state index is -0.633. The lowest BCUT2D eigenvalue weighted by Crippen LogP contribution is -2.55. The van der Waals surface area contributed by atoms with Crippen LogP contribution in [-0.4, -0.2) is 41.2 Å². The topological polar surface area (TPSA) is 67.8 Å². The highest BCUT2D eigenvalue weighted by Gasteiger charge is 2.46. The Morgan fingerprint density at radius 3 is 2.77 bits per heavy atom. The van der Waals surface area contributed by atoms with Crippen molar-refractivity contribution in [3.05, 3.63) is 11.6 Å². The number of ether oxygens (including phenoxy) is 2. The standard InChI is InChI=1S/C21H37NO4/c1-5-6-13-21(18(15-23)22-19(24)26-20(2,3)4)14-16-11-9-7-8-10-12-17(16)25-21/h14,17-18,23H,5-13,15H2,1-4H3,(H,22,24)/t17?,18-,21?/m0/s1. The molecule has 1 saturated carbocycles. The first kappa shape index (κ1) is 21.2. The van der Waals surface area contributed by atoms with Gasteiger partial charge >= 0.3 is 6.09 Å². The summed E-state index contributed by atoms with van der Waals surface area (Å²) in [6.07, 6.45) is 11.7. The van der Waals surface area contributed by atoms with Crippen LogP contribution >= 0.6 is 0 Å². The molecule has 1 fully saturated rings. The Hall–Kier alpha value is -1.07. The second kappa shape index (κ2) is 9.23. The van der Waals surface area contributed by atoms with Gasteiger partial charge in [0.2, 0.25) is 0 Å². The molecule has 2 rings (SSSR count). The van der Waals surface area contributed by atoms with Crippen LogP contribution in [0.25, 0.3) is 0 Å². The van der Waals surface area contributed by atoms with E-state index >= 15 is 0 Å². The highest BCUT2D eigenvalue weighted by atomic mass is 16.6. The third-order valence-corrected chi connectivity index (χ3v) is 5.27. The molecule has 0 radical (unpaired) electrons. The van der Waals surface area contributed by atoms with Gasteiger partial charge in [-0.1, -0.05) is 39.0 Å². The molecule has 150 valence electrons. The van der Waals surface area contributed by atoms with Crippen molar-refractivity contribution in [1.29, 1.82) is 0 Å². The van der Waals surface area contributed by atoms with Crippen molar-refractivity contribution in [2.45, 2.75) is 109 Å². The Morgan fingerprint density at radius 2 is 2.12 bits per heavy atom. The summed E-state index contributed by atoms with van der Waals surface area (Å²) in [6, 6.07) is -0.496. The first-order valence-corrected chi connectivity index (χ1v) is 10.3. The van der Waals surface area contributed by atoms with Crippen molar-refractivity contribution in [3.63, 3.8) is 0 Å². The summed E-state index contributed by atoms with van der Waals surface area (Å²) < 4.78 is 12.0. The summed E-state index contributed by atoms with van der Waals surface area (Å²) in [5.41, 5.74) is 0.149. The van der Waals surface area contributed by atoms with E-state index in [9.17, 15) is 9.90 Å². The zero-order chi connectivity index (χ0) is 19.2. The van der Waals surface area contributed by atoms with Crippen LogP contribution < -0.4 is 5.32 Å². The molecule has 0 aromatic rings. The van der Waals surface area contributed by atoms with Crippen LogP contribution in [0.3, 0.4) is 0 Å². The highest BCUT2D eigenvalue weighted by molar-refractivity contribution is 5.68. The van der Waals surface area contributed by atoms with Crippen LogP contribution in [0.5, 0.6) is 0 Å². The number of hydrogen-bond donors (Lipinski definition) is 2. The third kappa shape index (κ3) is 5.71. The van der Waals surface area contributed by atoms with Gasteiger partial charge in [0.15, 0.2) is 0 Å². The van der Waals surface area contributed by atoms with Gasteiger partial charge in [-0.2, -0.15) is 0 Å². The van der Waals surface area contributed by atoms with Gasteiger partial charge in [-0.15, -0.1) is 0 Å². The summed E-state index contributed by atoms with van der Waals surface area (Å²) >= 11 is 0. The first-order chi connectivity index (χ1) is 12.3. The SMILES string of the molecule is CCCCC1([C@H](CO)NC(=O)OC(C)(C)C)C=C2CCCCCCC2O1. The van der Waals surface area contributed by atoms with Crippen LogP contribution in [0, 0.1) is 0 Å². The molecule has 1 aliphatic carbocycles. The van der Waals surface area contributed by atoms with Gasteiger partial charge < -0.3 is 19.9 Å². The number of amides is 1. The number of unbranched alkanes of at least 4 members (excludes halogenated alkanes) is 1. The minimum absolute atomic E-state index is 0.127. The molecule has 0 saturated heterocycles. The number of hydrogen-bond acceptors (Lipinski definition) is 4. The lowest BCUT2D eigenvalue weighted by molar-refractivity contribution is -0.0710. The molecule has 1 heterocycles. The average Bonchev–Trinajstić information content (AvgIpc) is 2.87. The lowest BCUT2D eigenvalue weighted by atomic mass is 9.86. The fraction of sp³-hybridized carbons (Fsp3) is 0.857. The molecule has 0 aromatic heterocycles. The smallest absolute Gasteiger partial charge is 0.408 e. The number of fused-ring (bicyclic) bond motifs is 1. The zero-order valence-electron chi connectivity index (χ0n) is 17.0. The number of nitrogens with one attached hydrogen (secondary N) is 1. The molecule has 26 heavy (non-hydrogen) atoms. The van der Waals surface area contributed by atoms with Gasteiger partial charge in [-0.25, -0.2) is 4.79 Å². The van der Waals surface area contributed by atoms with Crippen LogP contribution in [0.2, 0.25) is 0 Å². The molecule has 2 N–H and O–H groups in total. The molecule has 0 aromatic carbocycles. The largest absolute Gasteiger partial charge is 0.444 e. The molecule has 0 bridgehead atoms. The normalized spacial score (nSPS) is 27.7. The van der Waals surface area contributed by atoms with Gasteiger partial charge in [0, 0.05) is 0 Å². The number of carbonyl (C=O) groups is 1. The summed E-state index contributed by atoms with van der Waals surface area (Å²) in [5, 5.41) is 12.9. The number of aliphatic hydroxyl groups excluding tert-OH is 1. The Bertz CT molecular complexity index is 497. The van der Waals surface area contributed by atoms with E-state index in [1.807, 2.05) is 20.8 Å². The van der Waals surface area contributed by atoms with E-state index < -0.39 is 23.3 Å². The Kier molecular flexibility index (Phi) is 7.53. The van der Waals surface area contributed by atoms with E-state index in [0.29, 0.717) is 0 Å². The van der Waals surface area contributed by atoms with Crippen molar-refractivity contribution in [3.8, 4) is 0 Å². The van der Waals surface area contributed by atoms with Crippen molar-refractivity contribution < 1.29 is 19.4 Å². The Morgan fingerprint density at radius 1 is 1.38 bits per heavy atom. The quantitative estimate of drug-likeness (QED) is 0.679. The van der Waals surface area contributed by atoms with Crippen molar-refractivity contribution in [1.82, 2.24) is 5.32 Å². The number of rotatable bonds is 6. The molecule has 0 spiro atoms. The Labute approximate surface area is 158 Å². The number of aliphatic hydroxyl groups is 1. The third-order valence-electron chi connectivity index (χ3n) is 5.27. The van der Waals surface area contributed by atoms with E-state index in [0.717, 1.165) is 32.1 Å². The Balaban J connectivity index is 2.19. The van der Waals surface area contributed by atoms with Crippen molar-refractivity contribution >= 4 is 6.09 Å². The minimum Gasteiger partial charge on any atom is -0.444 e. The number of carbonyl (C=O) groups excluding carboxylic acids is 1. The summed E-state index contributed by atoms with van der Waals surface area (Å²) in [7, 11) is 0. The molecule has 1 amide bonds. The van der Waals surface area contributed by atoms with E-state index in [2.05, 4.69) is 18.3 Å². The van der Waals surface area contributed by atoms with Crippen LogP contribution in [0.4, 0.5) is 4.79 Å². The average molecular weight is 368 g/mol. The monoisotopic (exact) mass is 367 g/mol. The fourth-order valence-electron chi connectivity index (χ4n) is 3.98. The summed E-state index contributed by atoms with van der Waals surface area (Å²) in [5.74, 6) is 0. The van der Waals surface area contributed by atoms with Gasteiger partial charge in [0.1, 0.15) is 11.2 Å². The van der Waals surface area contributed by atoms with E-state index in [1.165, 1.54) is 31.3 Å². The summed E-state index contributed by atoms with van der Waals surface area (Å²) in [4.78, 5) is 12.3. The van der Waals surface area contributed by atoms with E-state index in [-0.39, 0.29) is 12.7 Å². The van der Waals surface area contributed by atoms with E-state index in [1.54, 1.807) is 0 Å². The lowest BCUT2D eigenvalue weighted by Gasteiger charge is -2.37. The van der Waals surface area contributed by atoms with Gasteiger partial charge in [0.25, 0.3) is 0 Å². The molecule has 5 heteroatoms. The van der Waals surface area contributed by atoms with Gasteiger partial charge in [-0.3, -0.25) is 0 Å². The van der Waals surface area contributed by atoms with Crippen LogP contribution in [-0.2, 0) is 9.47 Å². The summed E-state index contributed by atoms with van der Waals surface area (Å²) in [6.45, 7) is 7.49. The van der Waals surface area contributed by atoms with Gasteiger partial charge in [0.05, 0.1) is 18.8 Å². The molecule has 2 aliphatic rings. The first-order valence-electron chi connectivity index (χ1n) is 10.3. The van der Waals surface area contributed by atoms with Crippen LogP contribution in [0.15, 0.2) is 11.6 Å². The second-order valence-electron chi connectivity index (χ2n) is 8.72. The van der Waals surface area contributed by atoms with Crippen molar-refractivity contribution in [2.24, 2.45) is 0 Å². The van der Waals surface area contributed by atoms with E-state index in [4.69, 9.17) is 9.47 Å². The molecule has 2 unspecified atom stereocenters. The maximum atomic E-state index is 12.3. The molecule has 3 atom stereocenters. The predicted octanol–water partition coefficient (Wildman–Crippen LogP) is 4.48. The molecular formula is C21H37NO4. The van der Waals surface area contributed by atoms with Crippen LogP contribution in [0.1, 0.15) is 85.5 Å². The predicted molar refractivity (Wildman–Crippen MR) is 103 cm³/mol.